The van der Waals surface area contributed by atoms with E-state index in [0.29, 0.717) is 6.67 Å². The predicted molar refractivity (Wildman–Crippen MR) is 115 cm³/mol. The van der Waals surface area contributed by atoms with Crippen LogP contribution >= 0.6 is 7.91 Å². The van der Waals surface area contributed by atoms with Crippen molar-refractivity contribution in [1.29, 1.82) is 0 Å². The summed E-state index contributed by atoms with van der Waals surface area (Å²) in [7, 11) is -3.12. The van der Waals surface area contributed by atoms with E-state index in [1.54, 1.807) is 6.92 Å². The van der Waals surface area contributed by atoms with Crippen LogP contribution in [0.4, 0.5) is 13.2 Å². The molecule has 3 aromatic rings. The van der Waals surface area contributed by atoms with Crippen molar-refractivity contribution in [3.63, 3.8) is 0 Å². The summed E-state index contributed by atoms with van der Waals surface area (Å²) >= 11 is 0. The van der Waals surface area contributed by atoms with Gasteiger partial charge in [0, 0.05) is 11.5 Å². The molecule has 4 rings (SSSR count). The molecule has 0 spiro atoms. The van der Waals surface area contributed by atoms with Crippen LogP contribution in [0.3, 0.4) is 0 Å². The van der Waals surface area contributed by atoms with Crippen LogP contribution in [-0.2, 0) is 14.7 Å². The van der Waals surface area contributed by atoms with Crippen molar-refractivity contribution in [3.05, 3.63) is 72.0 Å². The Morgan fingerprint density at radius 2 is 1.80 bits per heavy atom. The van der Waals surface area contributed by atoms with Gasteiger partial charge in [-0.15, -0.1) is 0 Å². The first-order chi connectivity index (χ1) is 16.6. The Bertz CT molecular complexity index is 1290. The van der Waals surface area contributed by atoms with Gasteiger partial charge in [-0.3, -0.25) is 14.9 Å². The van der Waals surface area contributed by atoms with E-state index in [1.165, 1.54) is 23.7 Å². The zero-order chi connectivity index (χ0) is 25.6. The van der Waals surface area contributed by atoms with Gasteiger partial charge in [0.2, 0.25) is 0 Å². The van der Waals surface area contributed by atoms with Gasteiger partial charge in [0.25, 0.3) is 0 Å². The number of nitrogens with zero attached hydrogens (tertiary/aromatic N) is 6. The quantitative estimate of drug-likeness (QED) is 0.422. The van der Waals surface area contributed by atoms with Crippen LogP contribution < -0.4 is 5.43 Å². The number of hydrazine groups is 1. The first-order valence-corrected chi connectivity index (χ1v) is 11.0. The summed E-state index contributed by atoms with van der Waals surface area (Å²) in [5, 5.41) is 13.5. The van der Waals surface area contributed by atoms with Crippen LogP contribution in [0.2, 0.25) is 0 Å². The summed E-state index contributed by atoms with van der Waals surface area (Å²) in [5.74, 6) is -3.10. The van der Waals surface area contributed by atoms with E-state index < -0.39 is 36.9 Å². The third kappa shape index (κ3) is 6.11. The van der Waals surface area contributed by atoms with Gasteiger partial charge in [0.05, 0.1) is 24.6 Å². The second kappa shape index (κ2) is 11.2. The van der Waals surface area contributed by atoms with Crippen molar-refractivity contribution in [3.8, 4) is 11.3 Å². The van der Waals surface area contributed by atoms with Gasteiger partial charge in [0.1, 0.15) is 42.8 Å². The standard InChI is InChI=1S/C20H18F3N7O.HO3P/c1-12(18-16(22)5-24-8-27-18)20(31,7-30-11-26-10-29-30)15-3-2-13(21)4-14(15)19-17(23)6-25-9-28-19;1-4(2)3/h2-6,8-9,11-12,29,31H,7,10H2,1H3;(H,1,2,3)/t12-,20+;/m0./s1. The fraction of sp³-hybridized carbons (Fsp3) is 0.250. The molecule has 3 N–H and O–H groups in total. The molecule has 0 bridgehead atoms. The maximum absolute atomic E-state index is 14.5. The highest BCUT2D eigenvalue weighted by Crippen LogP contribution is 2.42. The second-order valence-corrected chi connectivity index (χ2v) is 7.77. The lowest BCUT2D eigenvalue weighted by atomic mass is 9.77. The number of benzene rings is 1. The maximum atomic E-state index is 14.5. The van der Waals surface area contributed by atoms with E-state index in [9.17, 15) is 18.3 Å². The largest absolute Gasteiger partial charge is 0.465 e. The van der Waals surface area contributed by atoms with E-state index in [2.05, 4.69) is 30.4 Å². The van der Waals surface area contributed by atoms with Crippen molar-refractivity contribution in [2.45, 2.75) is 18.4 Å². The van der Waals surface area contributed by atoms with Gasteiger partial charge in [0.15, 0.2) is 11.6 Å². The van der Waals surface area contributed by atoms with Crippen molar-refractivity contribution in [1.82, 2.24) is 30.4 Å². The Kier molecular flexibility index (Phi) is 8.35. The van der Waals surface area contributed by atoms with Crippen molar-refractivity contribution in [2.24, 2.45) is 4.99 Å². The Morgan fingerprint density at radius 1 is 1.14 bits per heavy atom. The van der Waals surface area contributed by atoms with E-state index >= 15 is 0 Å². The molecule has 2 atom stereocenters. The van der Waals surface area contributed by atoms with E-state index in [4.69, 9.17) is 14.0 Å². The second-order valence-electron chi connectivity index (χ2n) is 7.29. The first kappa shape index (κ1) is 26.0. The number of aromatic nitrogens is 4. The first-order valence-electron chi connectivity index (χ1n) is 9.90. The fourth-order valence-electron chi connectivity index (χ4n) is 3.59. The predicted octanol–water partition coefficient (Wildman–Crippen LogP) is 2.21. The van der Waals surface area contributed by atoms with Crippen LogP contribution in [0.5, 0.6) is 0 Å². The molecule has 1 aliphatic heterocycles. The van der Waals surface area contributed by atoms with Crippen molar-refractivity contribution >= 4 is 14.2 Å². The Balaban J connectivity index is 0.000000795. The number of nitrogens with one attached hydrogen (secondary N) is 1. The summed E-state index contributed by atoms with van der Waals surface area (Å²) in [6, 6.07) is 3.53. The molecule has 15 heteroatoms. The van der Waals surface area contributed by atoms with Crippen LogP contribution in [0.25, 0.3) is 11.3 Å². The normalized spacial score (nSPS) is 15.2. The topological polar surface area (TPSA) is 154 Å². The van der Waals surface area contributed by atoms with Gasteiger partial charge in [-0.05, 0) is 17.7 Å². The lowest BCUT2D eigenvalue weighted by molar-refractivity contribution is -0.0135. The van der Waals surface area contributed by atoms with Crippen LogP contribution in [-0.4, -0.2) is 54.5 Å². The van der Waals surface area contributed by atoms with Gasteiger partial charge in [-0.1, -0.05) is 13.0 Å². The van der Waals surface area contributed by atoms with Gasteiger partial charge < -0.3 is 5.11 Å². The highest BCUT2D eigenvalue weighted by Gasteiger charge is 2.43. The molecule has 0 radical (unpaired) electrons. The molecular weight excluding hydrogens is 490 g/mol. The summed E-state index contributed by atoms with van der Waals surface area (Å²) < 4.78 is 60.4. The zero-order valence-electron chi connectivity index (χ0n) is 18.1. The van der Waals surface area contributed by atoms with Gasteiger partial charge in [-0.2, -0.15) is 0 Å². The highest BCUT2D eigenvalue weighted by atomic mass is 31.1. The van der Waals surface area contributed by atoms with Crippen LogP contribution in [0, 0.1) is 17.5 Å². The molecule has 0 amide bonds. The van der Waals surface area contributed by atoms with E-state index in [-0.39, 0.29) is 29.1 Å². The minimum atomic E-state index is -3.12. The number of aliphatic hydroxyl groups is 1. The summed E-state index contributed by atoms with van der Waals surface area (Å²) in [5.41, 5.74) is 0.983. The monoisotopic (exact) mass is 509 g/mol. The van der Waals surface area contributed by atoms with Crippen molar-refractivity contribution in [2.75, 3.05) is 13.2 Å². The number of hydrogen-bond acceptors (Lipinski definition) is 10. The Labute approximate surface area is 197 Å². The molecule has 1 aliphatic rings. The Hall–Kier alpha value is -3.58. The highest BCUT2D eigenvalue weighted by molar-refractivity contribution is 7.23. The Morgan fingerprint density at radius 3 is 2.40 bits per heavy atom. The number of halogens is 3. The number of aliphatic imine (C=N–C) groups is 1. The molecule has 2 aromatic heterocycles. The smallest absolute Gasteiger partial charge is 0.383 e. The third-order valence-electron chi connectivity index (χ3n) is 5.19. The zero-order valence-corrected chi connectivity index (χ0v) is 19.0. The molecule has 0 fully saturated rings. The molecule has 184 valence electrons. The molecule has 0 saturated heterocycles. The molecule has 1 aromatic carbocycles. The molecule has 0 saturated carbocycles. The molecule has 3 heterocycles. The molecule has 0 unspecified atom stereocenters. The molecular formula is C20H19F3N7O4P. The minimum Gasteiger partial charge on any atom is -0.383 e. The summed E-state index contributed by atoms with van der Waals surface area (Å²) in [6.07, 6.45) is 5.69. The van der Waals surface area contributed by atoms with E-state index in [1.807, 2.05) is 0 Å². The molecule has 11 nitrogen and oxygen atoms in total. The lowest BCUT2D eigenvalue weighted by Crippen LogP contribution is -2.47. The number of β-amino-alcohol motifs (C(OH)–C–C–N with tert-alkyl or cyclic N) is 1. The van der Waals surface area contributed by atoms with E-state index in [0.717, 1.165) is 30.9 Å². The summed E-state index contributed by atoms with van der Waals surface area (Å²) in [4.78, 5) is 26.2. The third-order valence-corrected chi connectivity index (χ3v) is 5.19. The summed E-state index contributed by atoms with van der Waals surface area (Å²) in [6.45, 7) is 1.75. The fourth-order valence-corrected chi connectivity index (χ4v) is 3.59. The molecule has 35 heavy (non-hydrogen) atoms. The maximum Gasteiger partial charge on any atom is 0.465 e. The number of rotatable bonds is 6. The van der Waals surface area contributed by atoms with Crippen molar-refractivity contribution < 1.29 is 32.3 Å². The molecule has 0 aliphatic carbocycles. The van der Waals surface area contributed by atoms with Gasteiger partial charge >= 0.3 is 7.91 Å². The average Bonchev–Trinajstić information content (AvgIpc) is 3.31. The SMILES string of the molecule is C[C@@H](c1ncncc1F)[C@](O)(CN1C=NCN1)c1ccc(F)cc1-c1ncncc1F.O=P(=O)O. The van der Waals surface area contributed by atoms with Crippen LogP contribution in [0.1, 0.15) is 24.1 Å². The number of hydrogen-bond donors (Lipinski definition) is 3. The minimum absolute atomic E-state index is 0.0138. The van der Waals surface area contributed by atoms with Crippen LogP contribution in [0.15, 0.2) is 48.2 Å². The lowest BCUT2D eigenvalue weighted by Gasteiger charge is -2.38. The van der Waals surface area contributed by atoms with Gasteiger partial charge in [-0.25, -0.2) is 47.7 Å². The average molecular weight is 509 g/mol.